The van der Waals surface area contributed by atoms with E-state index in [9.17, 15) is 4.79 Å². The summed E-state index contributed by atoms with van der Waals surface area (Å²) in [7, 11) is 0. The van der Waals surface area contributed by atoms with E-state index in [1.165, 1.54) is 52.1 Å². The zero-order valence-corrected chi connectivity index (χ0v) is 19.6. The van der Waals surface area contributed by atoms with Gasteiger partial charge < -0.3 is 0 Å². The predicted octanol–water partition coefficient (Wildman–Crippen LogP) is 4.65. The van der Waals surface area contributed by atoms with Gasteiger partial charge in [-0.2, -0.15) is 0 Å². The van der Waals surface area contributed by atoms with Crippen LogP contribution in [0.2, 0.25) is 8.87 Å². The number of aryl methyl sites for hydroxylation is 2. The van der Waals surface area contributed by atoms with Crippen LogP contribution in [0.15, 0.2) is 12.1 Å². The molecule has 4 aliphatic carbocycles. The van der Waals surface area contributed by atoms with Crippen LogP contribution in [0.1, 0.15) is 62.5 Å². The molecular weight excluding hydrogens is 427 g/mol. The zero-order chi connectivity index (χ0) is 17.9. The van der Waals surface area contributed by atoms with E-state index in [1.54, 1.807) is 3.58 Å². The molecule has 0 N–H and O–H groups in total. The molecule has 0 amide bonds. The zero-order valence-electron chi connectivity index (χ0n) is 16.4. The molecule has 1 aliphatic heterocycles. The molecular formula is C23H32O2Sn. The molecule has 1 aromatic rings. The molecule has 4 saturated carbocycles. The molecule has 1 aromatic carbocycles. The van der Waals surface area contributed by atoms with Gasteiger partial charge in [0.2, 0.25) is 0 Å². The van der Waals surface area contributed by atoms with Crippen LogP contribution in [-0.4, -0.2) is 25.7 Å². The van der Waals surface area contributed by atoms with E-state index in [0.29, 0.717) is 0 Å². The van der Waals surface area contributed by atoms with Crippen molar-refractivity contribution in [1.82, 2.24) is 0 Å². The molecule has 0 spiro atoms. The van der Waals surface area contributed by atoms with Crippen molar-refractivity contribution < 1.29 is 9.53 Å². The monoisotopic (exact) mass is 460 g/mol. The van der Waals surface area contributed by atoms with Gasteiger partial charge in [0.05, 0.1) is 0 Å². The predicted molar refractivity (Wildman–Crippen MR) is 108 cm³/mol. The van der Waals surface area contributed by atoms with E-state index in [0.717, 1.165) is 42.8 Å². The van der Waals surface area contributed by atoms with E-state index < -0.39 is 19.8 Å². The number of hydrogen-bond donors (Lipinski definition) is 0. The second-order valence-corrected chi connectivity index (χ2v) is 19.2. The van der Waals surface area contributed by atoms with Crippen LogP contribution < -0.4 is 8.32 Å². The molecule has 2 nitrogen and oxygen atoms in total. The number of carbonyl (C=O) groups excluding carboxylic acids is 1. The Labute approximate surface area is 164 Å². The third-order valence-corrected chi connectivity index (χ3v) is 17.9. The van der Waals surface area contributed by atoms with Gasteiger partial charge in [0, 0.05) is 0 Å². The fourth-order valence-corrected chi connectivity index (χ4v) is 17.2. The molecule has 0 unspecified atom stereocenters. The number of rotatable bonds is 3. The Bertz CT molecular complexity index is 673. The third kappa shape index (κ3) is 2.95. The van der Waals surface area contributed by atoms with Crippen molar-refractivity contribution in [2.75, 3.05) is 0 Å². The molecule has 5 fully saturated rings. The van der Waals surface area contributed by atoms with Crippen LogP contribution in [0, 0.1) is 37.0 Å². The SMILES string of the molecule is Cc1c[c]([SnH]2[CH2]CC[CH2]2)cc(C)c1OC(=O)C12CC3CC(CC(C3)C1)C2. The molecule has 140 valence electrons. The van der Waals surface area contributed by atoms with Crippen molar-refractivity contribution in [3.05, 3.63) is 23.3 Å². The molecule has 0 aromatic heterocycles. The second kappa shape index (κ2) is 6.53. The van der Waals surface area contributed by atoms with Crippen molar-refractivity contribution in [2.24, 2.45) is 23.2 Å². The van der Waals surface area contributed by atoms with Gasteiger partial charge in [-0.15, -0.1) is 0 Å². The van der Waals surface area contributed by atoms with Crippen LogP contribution in [0.5, 0.6) is 5.75 Å². The van der Waals surface area contributed by atoms with Crippen molar-refractivity contribution in [1.29, 1.82) is 0 Å². The molecule has 1 heterocycles. The van der Waals surface area contributed by atoms with Crippen molar-refractivity contribution in [2.45, 2.75) is 74.1 Å². The summed E-state index contributed by atoms with van der Waals surface area (Å²) in [4.78, 5) is 13.3. The first kappa shape index (κ1) is 17.6. The van der Waals surface area contributed by atoms with Gasteiger partial charge in [-0.05, 0) is 0 Å². The van der Waals surface area contributed by atoms with Gasteiger partial charge in [-0.3, -0.25) is 0 Å². The minimum atomic E-state index is -1.48. The van der Waals surface area contributed by atoms with E-state index in [-0.39, 0.29) is 11.4 Å². The maximum absolute atomic E-state index is 13.3. The Kier molecular flexibility index (Phi) is 4.41. The molecule has 3 heteroatoms. The van der Waals surface area contributed by atoms with Crippen molar-refractivity contribution >= 4 is 29.3 Å². The van der Waals surface area contributed by atoms with E-state index in [4.69, 9.17) is 4.74 Å². The quantitative estimate of drug-likeness (QED) is 0.374. The third-order valence-electron chi connectivity index (χ3n) is 7.98. The van der Waals surface area contributed by atoms with Gasteiger partial charge in [0.1, 0.15) is 0 Å². The van der Waals surface area contributed by atoms with E-state index in [2.05, 4.69) is 26.0 Å². The van der Waals surface area contributed by atoms with E-state index in [1.807, 2.05) is 0 Å². The summed E-state index contributed by atoms with van der Waals surface area (Å²) >= 11 is -1.48. The Morgan fingerprint density at radius 1 is 0.962 bits per heavy atom. The Morgan fingerprint density at radius 2 is 1.46 bits per heavy atom. The molecule has 5 aliphatic rings. The summed E-state index contributed by atoms with van der Waals surface area (Å²) in [6, 6.07) is 4.75. The maximum atomic E-state index is 13.3. The normalized spacial score (nSPS) is 35.8. The van der Waals surface area contributed by atoms with Crippen LogP contribution in [0.4, 0.5) is 0 Å². The topological polar surface area (TPSA) is 26.3 Å². The Hall–Kier alpha value is -0.511. The summed E-state index contributed by atoms with van der Waals surface area (Å²) < 4.78 is 10.9. The number of ether oxygens (including phenoxy) is 1. The van der Waals surface area contributed by atoms with Crippen molar-refractivity contribution in [3.8, 4) is 5.75 Å². The van der Waals surface area contributed by atoms with Crippen LogP contribution in [0.25, 0.3) is 0 Å². The Balaban J connectivity index is 1.38. The van der Waals surface area contributed by atoms with Gasteiger partial charge in [0.15, 0.2) is 0 Å². The standard InChI is InChI=1S/C19H23O2.C4H8.Sn.H/c1-12-4-3-5-13(2)17(12)21-18(20)19-9-14-6-15(10-19)8-16(7-14)11-19;1-3-4-2;;/h4-5,14-16H,6-11H2,1-2H3;1-4H2;;. The minimum absolute atomic E-state index is 0.0972. The molecule has 0 radical (unpaired) electrons. The van der Waals surface area contributed by atoms with E-state index >= 15 is 0 Å². The van der Waals surface area contributed by atoms with Gasteiger partial charge in [-0.25, -0.2) is 0 Å². The summed E-state index contributed by atoms with van der Waals surface area (Å²) in [5.74, 6) is 3.33. The number of hydrogen-bond acceptors (Lipinski definition) is 2. The molecule has 6 rings (SSSR count). The number of carbonyl (C=O) groups is 1. The summed E-state index contributed by atoms with van der Waals surface area (Å²) in [6.07, 6.45) is 10.3. The first-order valence-electron chi connectivity index (χ1n) is 10.9. The average Bonchev–Trinajstić information content (AvgIpc) is 3.11. The fraction of sp³-hybridized carbons (Fsp3) is 0.696. The van der Waals surface area contributed by atoms with Crippen LogP contribution in [-0.2, 0) is 4.79 Å². The first-order valence-corrected chi connectivity index (χ1v) is 17.2. The molecule has 0 atom stereocenters. The van der Waals surface area contributed by atoms with Gasteiger partial charge in [0.25, 0.3) is 0 Å². The summed E-state index contributed by atoms with van der Waals surface area (Å²) in [6.45, 7) is 4.30. The average molecular weight is 459 g/mol. The molecule has 1 saturated heterocycles. The van der Waals surface area contributed by atoms with Gasteiger partial charge >= 0.3 is 165 Å². The van der Waals surface area contributed by atoms with Gasteiger partial charge in [-0.1, -0.05) is 0 Å². The Morgan fingerprint density at radius 3 is 1.96 bits per heavy atom. The summed E-state index contributed by atoms with van der Waals surface area (Å²) in [5.41, 5.74) is 2.24. The van der Waals surface area contributed by atoms with Crippen LogP contribution in [0.3, 0.4) is 0 Å². The fourth-order valence-electron chi connectivity index (χ4n) is 7.20. The number of benzene rings is 1. The first-order chi connectivity index (χ1) is 12.5. The molecule has 4 bridgehead atoms. The second-order valence-electron chi connectivity index (χ2n) is 10.1. The molecule has 26 heavy (non-hydrogen) atoms. The van der Waals surface area contributed by atoms with Crippen molar-refractivity contribution in [3.63, 3.8) is 0 Å². The summed E-state index contributed by atoms with van der Waals surface area (Å²) in [5, 5.41) is 0. The number of esters is 1. The van der Waals surface area contributed by atoms with Crippen LogP contribution >= 0.6 is 0 Å².